The van der Waals surface area contributed by atoms with E-state index in [1.165, 1.54) is 5.56 Å². The Labute approximate surface area is 134 Å². The minimum atomic E-state index is -0.360. The molecular weight excluding hydrogens is 292 g/mol. The topological polar surface area (TPSA) is 49.9 Å². The van der Waals surface area contributed by atoms with E-state index in [1.807, 2.05) is 24.3 Å². The molecule has 0 saturated carbocycles. The highest BCUT2D eigenvalue weighted by atomic mass is 16.6. The molecule has 116 valence electrons. The maximum atomic E-state index is 12.8. The van der Waals surface area contributed by atoms with Crippen LogP contribution in [0.3, 0.4) is 0 Å². The molecule has 5 heteroatoms. The van der Waals surface area contributed by atoms with Crippen LogP contribution in [-0.4, -0.2) is 31.7 Å². The highest BCUT2D eigenvalue weighted by Gasteiger charge is 2.27. The van der Waals surface area contributed by atoms with E-state index in [4.69, 9.17) is 4.74 Å². The number of amides is 2. The third-order valence-electron chi connectivity index (χ3n) is 4.30. The van der Waals surface area contributed by atoms with Crippen LogP contribution in [0.25, 0.3) is 0 Å². The zero-order valence-electron chi connectivity index (χ0n) is 12.6. The zero-order valence-corrected chi connectivity index (χ0v) is 12.6. The van der Waals surface area contributed by atoms with Gasteiger partial charge in [-0.1, -0.05) is 24.3 Å². The SMILES string of the molecule is O=C1OCCN1c1cccc(C(=O)N2CCc3ccccc32)c1. The molecule has 2 aliphatic heterocycles. The molecular formula is C18H16N2O3. The van der Waals surface area contributed by atoms with Crippen molar-refractivity contribution in [2.45, 2.75) is 6.42 Å². The van der Waals surface area contributed by atoms with Gasteiger partial charge in [0.05, 0.1) is 6.54 Å². The van der Waals surface area contributed by atoms with Gasteiger partial charge in [-0.3, -0.25) is 9.69 Å². The van der Waals surface area contributed by atoms with Crippen LogP contribution < -0.4 is 9.80 Å². The zero-order chi connectivity index (χ0) is 15.8. The minimum Gasteiger partial charge on any atom is -0.447 e. The lowest BCUT2D eigenvalue weighted by Crippen LogP contribution is -2.29. The molecule has 0 N–H and O–H groups in total. The van der Waals surface area contributed by atoms with Crippen molar-refractivity contribution in [1.82, 2.24) is 0 Å². The lowest BCUT2D eigenvalue weighted by Gasteiger charge is -2.19. The summed E-state index contributed by atoms with van der Waals surface area (Å²) in [6.45, 7) is 1.59. The number of para-hydroxylation sites is 1. The normalized spacial score (nSPS) is 16.4. The molecule has 5 nitrogen and oxygen atoms in total. The fourth-order valence-corrected chi connectivity index (χ4v) is 3.14. The van der Waals surface area contributed by atoms with Crippen LogP contribution in [0.5, 0.6) is 0 Å². The van der Waals surface area contributed by atoms with Crippen molar-refractivity contribution < 1.29 is 14.3 Å². The van der Waals surface area contributed by atoms with Crippen LogP contribution >= 0.6 is 0 Å². The van der Waals surface area contributed by atoms with Crippen molar-refractivity contribution >= 4 is 23.4 Å². The molecule has 0 radical (unpaired) electrons. The third-order valence-corrected chi connectivity index (χ3v) is 4.30. The Morgan fingerprint density at radius 2 is 1.91 bits per heavy atom. The lowest BCUT2D eigenvalue weighted by atomic mass is 10.1. The number of nitrogens with zero attached hydrogens (tertiary/aromatic N) is 2. The van der Waals surface area contributed by atoms with Crippen LogP contribution in [0, 0.1) is 0 Å². The number of fused-ring (bicyclic) bond motifs is 1. The van der Waals surface area contributed by atoms with Crippen LogP contribution in [0.4, 0.5) is 16.2 Å². The number of carbonyl (C=O) groups is 2. The average molecular weight is 308 g/mol. The second kappa shape index (κ2) is 5.43. The summed E-state index contributed by atoms with van der Waals surface area (Å²) in [6.07, 6.45) is 0.515. The van der Waals surface area contributed by atoms with Crippen molar-refractivity contribution in [2.24, 2.45) is 0 Å². The summed E-state index contributed by atoms with van der Waals surface area (Å²) in [6, 6.07) is 15.1. The number of hydrogen-bond donors (Lipinski definition) is 0. The average Bonchev–Trinajstić information content (AvgIpc) is 3.20. The van der Waals surface area contributed by atoms with Crippen LogP contribution in [-0.2, 0) is 11.2 Å². The fraction of sp³-hybridized carbons (Fsp3) is 0.222. The van der Waals surface area contributed by atoms with Crippen molar-refractivity contribution in [3.63, 3.8) is 0 Å². The molecule has 1 saturated heterocycles. The second-order valence-electron chi connectivity index (χ2n) is 5.65. The summed E-state index contributed by atoms with van der Waals surface area (Å²) in [5.74, 6) is -0.0376. The number of carbonyl (C=O) groups excluding carboxylic acids is 2. The highest BCUT2D eigenvalue weighted by Crippen LogP contribution is 2.29. The van der Waals surface area contributed by atoms with Gasteiger partial charge in [-0.2, -0.15) is 0 Å². The number of ether oxygens (including phenoxy) is 1. The summed E-state index contributed by atoms with van der Waals surface area (Å²) in [7, 11) is 0. The second-order valence-corrected chi connectivity index (χ2v) is 5.65. The number of rotatable bonds is 2. The maximum absolute atomic E-state index is 12.8. The van der Waals surface area contributed by atoms with Gasteiger partial charge in [-0.25, -0.2) is 4.79 Å². The van der Waals surface area contributed by atoms with E-state index in [-0.39, 0.29) is 12.0 Å². The molecule has 4 rings (SSSR count). The molecule has 2 aromatic carbocycles. The Morgan fingerprint density at radius 3 is 2.74 bits per heavy atom. The molecule has 0 spiro atoms. The Kier molecular flexibility index (Phi) is 3.26. The van der Waals surface area contributed by atoms with Gasteiger partial charge in [0.1, 0.15) is 6.61 Å². The van der Waals surface area contributed by atoms with Gasteiger partial charge < -0.3 is 9.64 Å². The molecule has 0 atom stereocenters. The first-order valence-corrected chi connectivity index (χ1v) is 7.68. The van der Waals surface area contributed by atoms with Gasteiger partial charge in [-0.15, -0.1) is 0 Å². The first kappa shape index (κ1) is 13.8. The van der Waals surface area contributed by atoms with Crippen LogP contribution in [0.2, 0.25) is 0 Å². The largest absolute Gasteiger partial charge is 0.447 e. The Balaban J connectivity index is 1.64. The number of anilines is 2. The van der Waals surface area contributed by atoms with E-state index < -0.39 is 0 Å². The Morgan fingerprint density at radius 1 is 1.04 bits per heavy atom. The van der Waals surface area contributed by atoms with Gasteiger partial charge in [0.2, 0.25) is 0 Å². The first-order valence-electron chi connectivity index (χ1n) is 7.68. The molecule has 0 aliphatic carbocycles. The van der Waals surface area contributed by atoms with Gasteiger partial charge in [0.25, 0.3) is 5.91 Å². The number of hydrogen-bond acceptors (Lipinski definition) is 3. The number of benzene rings is 2. The van der Waals surface area contributed by atoms with Crippen molar-refractivity contribution in [1.29, 1.82) is 0 Å². The third kappa shape index (κ3) is 2.34. The predicted molar refractivity (Wildman–Crippen MR) is 87.0 cm³/mol. The maximum Gasteiger partial charge on any atom is 0.414 e. The molecule has 2 aliphatic rings. The van der Waals surface area contributed by atoms with E-state index in [2.05, 4.69) is 6.07 Å². The molecule has 0 unspecified atom stereocenters. The Bertz CT molecular complexity index is 787. The van der Waals surface area contributed by atoms with Crippen molar-refractivity contribution in [3.8, 4) is 0 Å². The first-order chi connectivity index (χ1) is 11.2. The molecule has 23 heavy (non-hydrogen) atoms. The summed E-state index contributed by atoms with van der Waals surface area (Å²) >= 11 is 0. The smallest absolute Gasteiger partial charge is 0.414 e. The molecule has 2 amide bonds. The van der Waals surface area contributed by atoms with Gasteiger partial charge >= 0.3 is 6.09 Å². The van der Waals surface area contributed by atoms with Gasteiger partial charge in [-0.05, 0) is 36.2 Å². The van der Waals surface area contributed by atoms with Crippen molar-refractivity contribution in [3.05, 3.63) is 59.7 Å². The summed E-state index contributed by atoms with van der Waals surface area (Å²) in [5, 5.41) is 0. The van der Waals surface area contributed by atoms with Crippen LogP contribution in [0.1, 0.15) is 15.9 Å². The lowest BCUT2D eigenvalue weighted by molar-refractivity contribution is 0.0989. The molecule has 2 aromatic rings. The van der Waals surface area contributed by atoms with E-state index in [0.717, 1.165) is 12.1 Å². The van der Waals surface area contributed by atoms with E-state index in [1.54, 1.807) is 28.0 Å². The number of cyclic esters (lactones) is 1. The standard InChI is InChI=1S/C18H16N2O3/c21-17(20-9-8-13-4-1-2-7-16(13)20)14-5-3-6-15(12-14)19-10-11-23-18(19)22/h1-7,12H,8-11H2. The van der Waals surface area contributed by atoms with Gasteiger partial charge in [0, 0.05) is 23.5 Å². The summed E-state index contributed by atoms with van der Waals surface area (Å²) in [5.41, 5.74) is 3.45. The molecule has 0 bridgehead atoms. The van der Waals surface area contributed by atoms with E-state index in [0.29, 0.717) is 30.9 Å². The minimum absolute atomic E-state index is 0.0376. The monoisotopic (exact) mass is 308 g/mol. The van der Waals surface area contributed by atoms with E-state index in [9.17, 15) is 9.59 Å². The van der Waals surface area contributed by atoms with Gasteiger partial charge in [0.15, 0.2) is 0 Å². The van der Waals surface area contributed by atoms with E-state index >= 15 is 0 Å². The summed E-state index contributed by atoms with van der Waals surface area (Å²) < 4.78 is 4.96. The van der Waals surface area contributed by atoms with Crippen molar-refractivity contribution in [2.75, 3.05) is 29.5 Å². The van der Waals surface area contributed by atoms with Crippen LogP contribution in [0.15, 0.2) is 48.5 Å². The predicted octanol–water partition coefficient (Wildman–Crippen LogP) is 2.85. The molecule has 1 fully saturated rings. The summed E-state index contributed by atoms with van der Waals surface area (Å²) in [4.78, 5) is 27.9. The molecule has 2 heterocycles. The highest BCUT2D eigenvalue weighted by molar-refractivity contribution is 6.08. The fourth-order valence-electron chi connectivity index (χ4n) is 3.14. The Hall–Kier alpha value is -2.82. The quantitative estimate of drug-likeness (QED) is 0.857. The molecule has 0 aromatic heterocycles.